The zero-order valence-electron chi connectivity index (χ0n) is 25.8. The summed E-state index contributed by atoms with van der Waals surface area (Å²) in [4.78, 5) is 24.6. The second-order valence-corrected chi connectivity index (χ2v) is 12.0. The topological polar surface area (TPSA) is 52.6 Å². The predicted molar refractivity (Wildman–Crippen MR) is 172 cm³/mol. The summed E-state index contributed by atoms with van der Waals surface area (Å²) in [5, 5.41) is -0.185. The van der Waals surface area contributed by atoms with Crippen molar-refractivity contribution in [2.75, 3.05) is 6.61 Å². The van der Waals surface area contributed by atoms with Crippen molar-refractivity contribution in [1.82, 2.24) is 0 Å². The van der Waals surface area contributed by atoms with Crippen LogP contribution in [0, 0.1) is 5.92 Å². The zero-order chi connectivity index (χ0) is 29.7. The molecule has 0 saturated carbocycles. The third-order valence-electron chi connectivity index (χ3n) is 7.91. The number of benzene rings is 2. The summed E-state index contributed by atoms with van der Waals surface area (Å²) in [6.07, 6.45) is 19.6. The van der Waals surface area contributed by atoms with Gasteiger partial charge in [0, 0.05) is 6.42 Å². The van der Waals surface area contributed by atoms with Gasteiger partial charge in [-0.05, 0) is 47.7 Å². The average Bonchev–Trinajstić information content (AvgIpc) is 2.99. The minimum Gasteiger partial charge on any atom is -0.461 e. The van der Waals surface area contributed by atoms with Crippen molar-refractivity contribution in [2.24, 2.45) is 5.92 Å². The van der Waals surface area contributed by atoms with E-state index in [0.29, 0.717) is 17.7 Å². The van der Waals surface area contributed by atoms with E-state index in [2.05, 4.69) is 13.8 Å². The molecule has 0 aliphatic heterocycles. The standard InChI is InChI=1S/C36H53ClO4/c1-4-6-7-8-9-10-11-12-13-14-15-16-17-18-19-35(38)41-33-26-24-31(25-27-33)30-20-22-32(23-21-30)36(39)40-28-34(37)29(3)5-2/h20-27,29,34H,4-19,28H2,1-3H3. The van der Waals surface area contributed by atoms with Gasteiger partial charge in [0.2, 0.25) is 0 Å². The number of hydrogen-bond acceptors (Lipinski definition) is 4. The van der Waals surface area contributed by atoms with Crippen molar-refractivity contribution in [3.63, 3.8) is 0 Å². The summed E-state index contributed by atoms with van der Waals surface area (Å²) in [7, 11) is 0. The molecule has 0 aliphatic carbocycles. The van der Waals surface area contributed by atoms with Crippen LogP contribution in [0.25, 0.3) is 11.1 Å². The average molecular weight is 585 g/mol. The molecular formula is C36H53ClO4. The fourth-order valence-electron chi connectivity index (χ4n) is 4.82. The van der Waals surface area contributed by atoms with Crippen molar-refractivity contribution in [3.8, 4) is 16.9 Å². The van der Waals surface area contributed by atoms with Crippen LogP contribution in [0.2, 0.25) is 0 Å². The van der Waals surface area contributed by atoms with Crippen LogP contribution in [0.5, 0.6) is 5.75 Å². The number of carbonyl (C=O) groups is 2. The SMILES string of the molecule is CCCCCCCCCCCCCCCCC(=O)Oc1ccc(-c2ccc(C(=O)OCC(Cl)C(C)CC)cc2)cc1. The van der Waals surface area contributed by atoms with Gasteiger partial charge in [-0.3, -0.25) is 4.79 Å². The van der Waals surface area contributed by atoms with E-state index in [-0.39, 0.29) is 29.8 Å². The van der Waals surface area contributed by atoms with Gasteiger partial charge in [-0.1, -0.05) is 135 Å². The Hall–Kier alpha value is -2.33. The lowest BCUT2D eigenvalue weighted by atomic mass is 10.0. The summed E-state index contributed by atoms with van der Waals surface area (Å²) >= 11 is 6.28. The molecule has 0 bridgehead atoms. The van der Waals surface area contributed by atoms with Crippen molar-refractivity contribution in [2.45, 2.75) is 129 Å². The number of halogens is 1. The van der Waals surface area contributed by atoms with E-state index in [9.17, 15) is 9.59 Å². The number of esters is 2. The Morgan fingerprint density at radius 2 is 1.15 bits per heavy atom. The van der Waals surface area contributed by atoms with Crippen molar-refractivity contribution >= 4 is 23.5 Å². The van der Waals surface area contributed by atoms with Crippen LogP contribution in [0.4, 0.5) is 0 Å². The van der Waals surface area contributed by atoms with Crippen LogP contribution in [0.1, 0.15) is 134 Å². The molecule has 0 radical (unpaired) electrons. The molecule has 4 nitrogen and oxygen atoms in total. The summed E-state index contributed by atoms with van der Waals surface area (Å²) < 4.78 is 10.9. The molecule has 0 spiro atoms. The van der Waals surface area contributed by atoms with Gasteiger partial charge in [0.05, 0.1) is 10.9 Å². The third-order valence-corrected chi connectivity index (χ3v) is 8.47. The van der Waals surface area contributed by atoms with Crippen LogP contribution >= 0.6 is 11.6 Å². The van der Waals surface area contributed by atoms with Gasteiger partial charge in [-0.25, -0.2) is 4.79 Å². The molecule has 228 valence electrons. The molecule has 0 amide bonds. The summed E-state index contributed by atoms with van der Waals surface area (Å²) in [6.45, 7) is 6.59. The molecule has 2 aromatic rings. The minimum atomic E-state index is -0.369. The highest BCUT2D eigenvalue weighted by Gasteiger charge is 2.16. The van der Waals surface area contributed by atoms with Gasteiger partial charge in [0.1, 0.15) is 12.4 Å². The van der Waals surface area contributed by atoms with Gasteiger partial charge in [0.15, 0.2) is 0 Å². The molecule has 0 N–H and O–H groups in total. The highest BCUT2D eigenvalue weighted by Crippen LogP contribution is 2.24. The molecule has 0 heterocycles. The zero-order valence-corrected chi connectivity index (χ0v) is 26.6. The Kier molecular flexibility index (Phi) is 18.2. The quantitative estimate of drug-likeness (QED) is 0.0597. The molecule has 2 atom stereocenters. The van der Waals surface area contributed by atoms with Crippen LogP contribution in [-0.4, -0.2) is 23.9 Å². The van der Waals surface area contributed by atoms with Gasteiger partial charge in [-0.15, -0.1) is 11.6 Å². The van der Waals surface area contributed by atoms with Gasteiger partial charge < -0.3 is 9.47 Å². The van der Waals surface area contributed by atoms with E-state index >= 15 is 0 Å². The fraction of sp³-hybridized carbons (Fsp3) is 0.611. The summed E-state index contributed by atoms with van der Waals surface area (Å²) in [5.74, 6) is 0.304. The highest BCUT2D eigenvalue weighted by atomic mass is 35.5. The molecule has 2 rings (SSSR count). The maximum atomic E-state index is 12.3. The smallest absolute Gasteiger partial charge is 0.338 e. The molecular weight excluding hydrogens is 532 g/mol. The molecule has 2 aromatic carbocycles. The number of hydrogen-bond donors (Lipinski definition) is 0. The van der Waals surface area contributed by atoms with Crippen LogP contribution in [0.3, 0.4) is 0 Å². The lowest BCUT2D eigenvalue weighted by Crippen LogP contribution is -2.20. The molecule has 2 unspecified atom stereocenters. The number of unbranched alkanes of at least 4 members (excludes halogenated alkanes) is 13. The van der Waals surface area contributed by atoms with Crippen molar-refractivity contribution in [3.05, 3.63) is 54.1 Å². The van der Waals surface area contributed by atoms with E-state index in [1.54, 1.807) is 12.1 Å². The molecule has 0 aromatic heterocycles. The number of carbonyl (C=O) groups excluding carboxylic acids is 2. The lowest BCUT2D eigenvalue weighted by molar-refractivity contribution is -0.134. The Bertz CT molecular complexity index is 970. The van der Waals surface area contributed by atoms with Crippen molar-refractivity contribution in [1.29, 1.82) is 0 Å². The Morgan fingerprint density at radius 1 is 0.683 bits per heavy atom. The largest absolute Gasteiger partial charge is 0.461 e. The van der Waals surface area contributed by atoms with Gasteiger partial charge in [-0.2, -0.15) is 0 Å². The number of alkyl halides is 1. The van der Waals surface area contributed by atoms with Crippen LogP contribution in [-0.2, 0) is 9.53 Å². The first-order valence-corrected chi connectivity index (χ1v) is 16.6. The third kappa shape index (κ3) is 14.9. The Balaban J connectivity index is 1.58. The van der Waals surface area contributed by atoms with E-state index in [1.807, 2.05) is 43.3 Å². The Morgan fingerprint density at radius 3 is 1.63 bits per heavy atom. The Labute approximate surface area is 254 Å². The van der Waals surface area contributed by atoms with Crippen LogP contribution < -0.4 is 4.74 Å². The first-order chi connectivity index (χ1) is 19.9. The predicted octanol–water partition coefficient (Wildman–Crippen LogP) is 10.9. The van der Waals surface area contributed by atoms with E-state index in [1.165, 1.54) is 77.0 Å². The van der Waals surface area contributed by atoms with Gasteiger partial charge >= 0.3 is 11.9 Å². The summed E-state index contributed by atoms with van der Waals surface area (Å²) in [6, 6.07) is 14.8. The number of ether oxygens (including phenoxy) is 2. The molecule has 5 heteroatoms. The second kappa shape index (κ2) is 21.4. The first kappa shape index (κ1) is 34.9. The van der Waals surface area contributed by atoms with Crippen LogP contribution in [0.15, 0.2) is 48.5 Å². The fourth-order valence-corrected chi connectivity index (χ4v) is 5.06. The summed E-state index contributed by atoms with van der Waals surface area (Å²) in [5.41, 5.74) is 2.45. The maximum Gasteiger partial charge on any atom is 0.338 e. The number of rotatable bonds is 22. The van der Waals surface area contributed by atoms with E-state index in [0.717, 1.165) is 30.4 Å². The monoisotopic (exact) mass is 584 g/mol. The minimum absolute atomic E-state index is 0.174. The van der Waals surface area contributed by atoms with E-state index < -0.39 is 0 Å². The normalized spacial score (nSPS) is 12.6. The maximum absolute atomic E-state index is 12.3. The van der Waals surface area contributed by atoms with Gasteiger partial charge in [0.25, 0.3) is 0 Å². The highest BCUT2D eigenvalue weighted by molar-refractivity contribution is 6.21. The first-order valence-electron chi connectivity index (χ1n) is 16.2. The molecule has 0 saturated heterocycles. The molecule has 0 aliphatic rings. The molecule has 41 heavy (non-hydrogen) atoms. The van der Waals surface area contributed by atoms with E-state index in [4.69, 9.17) is 21.1 Å². The lowest BCUT2D eigenvalue weighted by Gasteiger charge is -2.16. The molecule has 0 fully saturated rings. The second-order valence-electron chi connectivity index (χ2n) is 11.4. The van der Waals surface area contributed by atoms with Crippen molar-refractivity contribution < 1.29 is 19.1 Å².